The molecule has 3 heterocycles. The number of halogens is 2. The zero-order valence-corrected chi connectivity index (χ0v) is 28.7. The maximum Gasteiger partial charge on any atom is 0.229 e. The molecule has 0 aliphatic carbocycles. The lowest BCUT2D eigenvalue weighted by molar-refractivity contribution is 0.416. The van der Waals surface area contributed by atoms with E-state index in [9.17, 15) is 0 Å². The van der Waals surface area contributed by atoms with Crippen LogP contribution in [0.1, 0.15) is 6.92 Å². The van der Waals surface area contributed by atoms with Gasteiger partial charge in [0.1, 0.15) is 11.6 Å². The molecule has 230 valence electrons. The van der Waals surface area contributed by atoms with Crippen molar-refractivity contribution in [3.63, 3.8) is 0 Å². The number of hydrogen-bond donors (Lipinski definition) is 3. The fraction of sp³-hybridized carbons (Fsp3) is 0.281. The number of fused-ring (bicyclic) bond motifs is 1. The van der Waals surface area contributed by atoms with E-state index < -0.39 is 0 Å². The largest absolute Gasteiger partial charge is 0.494 e. The molecule has 0 bridgehead atoms. The van der Waals surface area contributed by atoms with Gasteiger partial charge in [-0.3, -0.25) is 4.68 Å². The van der Waals surface area contributed by atoms with Crippen LogP contribution in [-0.2, 0) is 7.05 Å². The number of benzene rings is 3. The van der Waals surface area contributed by atoms with Crippen LogP contribution < -0.4 is 30.9 Å². The van der Waals surface area contributed by atoms with E-state index in [1.165, 1.54) is 16.1 Å². The first kappa shape index (κ1) is 32.0. The average molecular weight is 696 g/mol. The van der Waals surface area contributed by atoms with Crippen LogP contribution in [-0.4, -0.2) is 65.9 Å². The Bertz CT molecular complexity index is 1780. The Hall–Kier alpha value is -3.43. The van der Waals surface area contributed by atoms with E-state index >= 15 is 0 Å². The van der Waals surface area contributed by atoms with E-state index in [1.807, 2.05) is 24.1 Å². The summed E-state index contributed by atoms with van der Waals surface area (Å²) in [6.45, 7) is 9.51. The first-order chi connectivity index (χ1) is 20.8. The fourth-order valence-electron chi connectivity index (χ4n) is 5.64. The summed E-state index contributed by atoms with van der Waals surface area (Å²) in [6.07, 6.45) is 5.71. The van der Waals surface area contributed by atoms with Gasteiger partial charge in [0.25, 0.3) is 0 Å². The summed E-state index contributed by atoms with van der Waals surface area (Å²) in [7, 11) is 3.25. The van der Waals surface area contributed by atoms with Crippen molar-refractivity contribution in [2.75, 3.05) is 55.6 Å². The highest BCUT2D eigenvalue weighted by Crippen LogP contribution is 2.41. The van der Waals surface area contributed by atoms with Crippen molar-refractivity contribution < 1.29 is 4.74 Å². The summed E-state index contributed by atoms with van der Waals surface area (Å²) < 4.78 is 8.50. The van der Waals surface area contributed by atoms with Crippen LogP contribution >= 0.6 is 36.3 Å². The SMILES string of the molecule is COc1cc(N2CCNC(C)C2)c(-c2cnn(C)c2)cc1Nc1ncc(Br)c(Nc2ccc3ccccc3c2P(C)C)n1.Cl. The number of nitrogens with zero attached hydrogens (tertiary/aromatic N) is 5. The number of anilines is 5. The zero-order valence-electron chi connectivity index (χ0n) is 25.4. The summed E-state index contributed by atoms with van der Waals surface area (Å²) in [4.78, 5) is 11.9. The quantitative estimate of drug-likeness (QED) is 0.152. The van der Waals surface area contributed by atoms with Gasteiger partial charge in [-0.25, -0.2) is 4.98 Å². The van der Waals surface area contributed by atoms with E-state index in [0.29, 0.717) is 23.6 Å². The predicted octanol–water partition coefficient (Wildman–Crippen LogP) is 6.88. The molecule has 0 saturated carbocycles. The van der Waals surface area contributed by atoms with Crippen molar-refractivity contribution in [1.29, 1.82) is 0 Å². The molecule has 1 aliphatic heterocycles. The average Bonchev–Trinajstić information content (AvgIpc) is 3.44. The lowest BCUT2D eigenvalue weighted by atomic mass is 10.0. The van der Waals surface area contributed by atoms with Crippen LogP contribution in [0.25, 0.3) is 21.9 Å². The van der Waals surface area contributed by atoms with Crippen LogP contribution in [0.2, 0.25) is 0 Å². The van der Waals surface area contributed by atoms with Crippen LogP contribution in [0, 0.1) is 0 Å². The Balaban J connectivity index is 0.00000384. The van der Waals surface area contributed by atoms with Gasteiger partial charge in [0.2, 0.25) is 5.95 Å². The van der Waals surface area contributed by atoms with Gasteiger partial charge in [-0.05, 0) is 59.1 Å². The molecule has 0 amide bonds. The summed E-state index contributed by atoms with van der Waals surface area (Å²) >= 11 is 3.66. The maximum absolute atomic E-state index is 5.90. The van der Waals surface area contributed by atoms with Crippen LogP contribution in [0.4, 0.5) is 28.8 Å². The third-order valence-corrected chi connectivity index (χ3v) is 9.59. The molecule has 9 nitrogen and oxygen atoms in total. The van der Waals surface area contributed by atoms with E-state index in [2.05, 4.69) is 116 Å². The lowest BCUT2D eigenvalue weighted by Crippen LogP contribution is -2.49. The number of piperazine rings is 1. The van der Waals surface area contributed by atoms with Gasteiger partial charge < -0.3 is 25.6 Å². The molecule has 1 saturated heterocycles. The van der Waals surface area contributed by atoms with Crippen molar-refractivity contribution in [2.24, 2.45) is 7.05 Å². The Morgan fingerprint density at radius 3 is 2.61 bits per heavy atom. The van der Waals surface area contributed by atoms with Gasteiger partial charge in [-0.2, -0.15) is 10.1 Å². The summed E-state index contributed by atoms with van der Waals surface area (Å²) in [5, 5.41) is 18.8. The molecule has 0 radical (unpaired) electrons. The second-order valence-corrected chi connectivity index (χ2v) is 14.1. The molecule has 2 aromatic heterocycles. The molecule has 1 atom stereocenters. The van der Waals surface area contributed by atoms with Crippen molar-refractivity contribution in [1.82, 2.24) is 25.1 Å². The van der Waals surface area contributed by atoms with Gasteiger partial charge in [-0.1, -0.05) is 38.3 Å². The van der Waals surface area contributed by atoms with E-state index in [-0.39, 0.29) is 20.3 Å². The van der Waals surface area contributed by atoms with Gasteiger partial charge in [0, 0.05) is 79.0 Å². The summed E-state index contributed by atoms with van der Waals surface area (Å²) in [5.74, 6) is 1.86. The Morgan fingerprint density at radius 2 is 1.89 bits per heavy atom. The third kappa shape index (κ3) is 6.64. The summed E-state index contributed by atoms with van der Waals surface area (Å²) in [5.41, 5.74) is 5.04. The molecular formula is C32H37BrClN8OP. The van der Waals surface area contributed by atoms with Crippen molar-refractivity contribution in [3.05, 3.63) is 71.6 Å². The highest BCUT2D eigenvalue weighted by atomic mass is 79.9. The standard InChI is InChI=1S/C32H36BrN8OP.ClH/c1-20-18-41(13-12-34-20)28-15-29(42-3)27(14-24(28)22-16-36-40(2)19-22)38-32-35-17-25(33)31(39-32)37-26-11-10-21-8-6-7-9-23(21)30(26)43(4)5;/h6-11,14-17,19-20,34H,12-13,18H2,1-5H3,(H2,35,37,38,39);1H. The van der Waals surface area contributed by atoms with E-state index in [4.69, 9.17) is 9.72 Å². The minimum atomic E-state index is -0.380. The van der Waals surface area contributed by atoms with Gasteiger partial charge in [0.05, 0.1) is 23.5 Å². The van der Waals surface area contributed by atoms with Crippen LogP contribution in [0.3, 0.4) is 0 Å². The maximum atomic E-state index is 5.90. The Labute approximate surface area is 274 Å². The highest BCUT2D eigenvalue weighted by Gasteiger charge is 2.23. The van der Waals surface area contributed by atoms with E-state index in [0.717, 1.165) is 52.3 Å². The van der Waals surface area contributed by atoms with Gasteiger partial charge >= 0.3 is 0 Å². The minimum absolute atomic E-state index is 0. The molecule has 1 fully saturated rings. The number of nitrogens with one attached hydrogen (secondary N) is 3. The smallest absolute Gasteiger partial charge is 0.229 e. The number of methoxy groups -OCH3 is 1. The molecule has 12 heteroatoms. The lowest BCUT2D eigenvalue weighted by Gasteiger charge is -2.35. The minimum Gasteiger partial charge on any atom is -0.494 e. The topological polar surface area (TPSA) is 92.2 Å². The van der Waals surface area contributed by atoms with E-state index in [1.54, 1.807) is 13.3 Å². The Kier molecular flexibility index (Phi) is 9.95. The van der Waals surface area contributed by atoms with Crippen molar-refractivity contribution in [2.45, 2.75) is 13.0 Å². The van der Waals surface area contributed by atoms with Crippen LogP contribution in [0.15, 0.2) is 71.6 Å². The van der Waals surface area contributed by atoms with Gasteiger partial charge in [0.15, 0.2) is 0 Å². The van der Waals surface area contributed by atoms with Crippen LogP contribution in [0.5, 0.6) is 5.75 Å². The second kappa shape index (κ2) is 13.7. The third-order valence-electron chi connectivity index (χ3n) is 7.63. The van der Waals surface area contributed by atoms with Crippen molar-refractivity contribution >= 4 is 81.2 Å². The van der Waals surface area contributed by atoms with Crippen molar-refractivity contribution in [3.8, 4) is 16.9 Å². The number of rotatable bonds is 8. The normalized spacial score (nSPS) is 14.9. The molecule has 6 rings (SSSR count). The molecule has 5 aromatic rings. The first-order valence-corrected chi connectivity index (χ1v) is 17.3. The molecule has 44 heavy (non-hydrogen) atoms. The zero-order chi connectivity index (χ0) is 30.1. The molecule has 3 N–H and O–H groups in total. The predicted molar refractivity (Wildman–Crippen MR) is 191 cm³/mol. The highest BCUT2D eigenvalue weighted by molar-refractivity contribution is 9.10. The molecular weight excluding hydrogens is 659 g/mol. The molecule has 3 aromatic carbocycles. The molecule has 1 unspecified atom stereocenters. The first-order valence-electron chi connectivity index (χ1n) is 14.3. The van der Waals surface area contributed by atoms with Gasteiger partial charge in [-0.15, -0.1) is 12.4 Å². The summed E-state index contributed by atoms with van der Waals surface area (Å²) in [6, 6.07) is 17.4. The number of aryl methyl sites for hydroxylation is 1. The number of ether oxygens (including phenoxy) is 1. The monoisotopic (exact) mass is 694 g/mol. The molecule has 1 aliphatic rings. The fourth-order valence-corrected chi connectivity index (χ4v) is 7.23. The number of hydrogen-bond acceptors (Lipinski definition) is 8. The molecule has 0 spiro atoms. The number of aromatic nitrogens is 4. The second-order valence-electron chi connectivity index (χ2n) is 11.0. The Morgan fingerprint density at radius 1 is 1.07 bits per heavy atom.